The number of phenols is 1. The molecule has 0 bridgehead atoms. The first-order chi connectivity index (χ1) is 17.2. The molecule has 2 N–H and O–H groups in total. The normalized spacial score (nSPS) is 20.4. The molecular formula is C31H44O5. The van der Waals surface area contributed by atoms with E-state index in [0.717, 1.165) is 56.1 Å². The van der Waals surface area contributed by atoms with Crippen molar-refractivity contribution in [3.05, 3.63) is 58.7 Å². The minimum absolute atomic E-state index is 0.0921. The van der Waals surface area contributed by atoms with Crippen molar-refractivity contribution in [2.45, 2.75) is 90.6 Å². The summed E-state index contributed by atoms with van der Waals surface area (Å²) < 4.78 is 10.3. The number of hydrogen-bond donors (Lipinski definition) is 2. The van der Waals surface area contributed by atoms with Crippen LogP contribution in [0.4, 0.5) is 0 Å². The highest BCUT2D eigenvalue weighted by molar-refractivity contribution is 5.70. The molecule has 3 unspecified atom stereocenters. The van der Waals surface area contributed by atoms with E-state index >= 15 is 0 Å². The van der Waals surface area contributed by atoms with Crippen LogP contribution in [-0.4, -0.2) is 36.0 Å². The van der Waals surface area contributed by atoms with Crippen LogP contribution in [0.2, 0.25) is 0 Å². The number of phenolic OH excluding ortho intramolecular Hbond substituents is 1. The predicted octanol–water partition coefficient (Wildman–Crippen LogP) is 6.81. The van der Waals surface area contributed by atoms with E-state index in [1.54, 1.807) is 0 Å². The third-order valence-corrected chi connectivity index (χ3v) is 8.19. The maximum Gasteiger partial charge on any atom is 0.343 e. The molecule has 1 aliphatic rings. The number of aliphatic hydroxyl groups is 1. The van der Waals surface area contributed by atoms with Gasteiger partial charge in [-0.15, -0.1) is 0 Å². The zero-order valence-electron chi connectivity index (χ0n) is 22.6. The van der Waals surface area contributed by atoms with Crippen LogP contribution in [-0.2, 0) is 9.53 Å². The highest BCUT2D eigenvalue weighted by Crippen LogP contribution is 2.42. The second kappa shape index (κ2) is 13.1. The van der Waals surface area contributed by atoms with E-state index in [0.29, 0.717) is 35.2 Å². The number of carbonyl (C=O) groups is 1. The molecule has 198 valence electrons. The van der Waals surface area contributed by atoms with Crippen molar-refractivity contribution < 1.29 is 24.5 Å². The van der Waals surface area contributed by atoms with Gasteiger partial charge in [-0.2, -0.15) is 0 Å². The lowest BCUT2D eigenvalue weighted by Gasteiger charge is -2.35. The van der Waals surface area contributed by atoms with Crippen molar-refractivity contribution in [2.75, 3.05) is 13.7 Å². The molecule has 1 saturated carbocycles. The highest BCUT2D eigenvalue weighted by atomic mass is 16.6. The van der Waals surface area contributed by atoms with Gasteiger partial charge in [-0.05, 0) is 110 Å². The zero-order chi connectivity index (χ0) is 26.2. The Hall–Kier alpha value is -2.53. The van der Waals surface area contributed by atoms with Crippen LogP contribution >= 0.6 is 0 Å². The molecule has 3 atom stereocenters. The number of ether oxygens (including phenoxy) is 2. The molecule has 5 nitrogen and oxygen atoms in total. The molecule has 0 heterocycles. The summed E-state index contributed by atoms with van der Waals surface area (Å²) in [6.07, 6.45) is 7.22. The van der Waals surface area contributed by atoms with E-state index in [4.69, 9.17) is 4.74 Å². The molecule has 3 rings (SSSR count). The van der Waals surface area contributed by atoms with Gasteiger partial charge in [-0.1, -0.05) is 44.5 Å². The van der Waals surface area contributed by atoms with Crippen LogP contribution in [0.25, 0.3) is 0 Å². The summed E-state index contributed by atoms with van der Waals surface area (Å²) in [6.45, 7) is 8.46. The summed E-state index contributed by atoms with van der Waals surface area (Å²) >= 11 is 0. The summed E-state index contributed by atoms with van der Waals surface area (Å²) in [6, 6.07) is 12.3. The molecule has 0 spiro atoms. The summed E-state index contributed by atoms with van der Waals surface area (Å²) in [5, 5.41) is 20.1. The second-order valence-corrected chi connectivity index (χ2v) is 10.7. The smallest absolute Gasteiger partial charge is 0.343 e. The molecule has 0 aromatic heterocycles. The number of aromatic hydroxyl groups is 1. The summed E-state index contributed by atoms with van der Waals surface area (Å²) in [4.78, 5) is 11.4. The van der Waals surface area contributed by atoms with E-state index in [1.165, 1.54) is 18.2 Å². The Bertz CT molecular complexity index is 992. The predicted molar refractivity (Wildman–Crippen MR) is 144 cm³/mol. The Morgan fingerprint density at radius 1 is 1.00 bits per heavy atom. The Labute approximate surface area is 216 Å². The number of hydrogen-bond acceptors (Lipinski definition) is 5. The molecule has 5 heteroatoms. The number of aliphatic hydroxyl groups excluding tert-OH is 1. The van der Waals surface area contributed by atoms with Crippen molar-refractivity contribution in [2.24, 2.45) is 11.8 Å². The molecule has 0 saturated heterocycles. The number of methoxy groups -OCH3 is 1. The van der Waals surface area contributed by atoms with Crippen LogP contribution in [0.5, 0.6) is 11.5 Å². The van der Waals surface area contributed by atoms with E-state index < -0.39 is 5.97 Å². The fourth-order valence-corrected chi connectivity index (χ4v) is 5.83. The number of carbonyl (C=O) groups excluding carboxylic acids is 1. The molecule has 0 amide bonds. The highest BCUT2D eigenvalue weighted by Gasteiger charge is 2.29. The number of rotatable bonds is 11. The molecular weight excluding hydrogens is 452 g/mol. The average Bonchev–Trinajstić information content (AvgIpc) is 2.87. The van der Waals surface area contributed by atoms with E-state index in [-0.39, 0.29) is 12.7 Å². The van der Waals surface area contributed by atoms with Crippen LogP contribution in [0.15, 0.2) is 36.4 Å². The molecule has 2 aromatic carbocycles. The quantitative estimate of drug-likeness (QED) is 0.334. The van der Waals surface area contributed by atoms with Crippen molar-refractivity contribution in [3.63, 3.8) is 0 Å². The van der Waals surface area contributed by atoms with Gasteiger partial charge in [0.1, 0.15) is 11.5 Å². The first kappa shape index (κ1) is 28.0. The topological polar surface area (TPSA) is 76.0 Å². The summed E-state index contributed by atoms with van der Waals surface area (Å²) in [7, 11) is 1.36. The maximum atomic E-state index is 11.4. The van der Waals surface area contributed by atoms with E-state index in [1.807, 2.05) is 26.0 Å². The third kappa shape index (κ3) is 7.49. The van der Waals surface area contributed by atoms with Gasteiger partial charge in [0.15, 0.2) is 6.61 Å². The van der Waals surface area contributed by atoms with Gasteiger partial charge in [0.2, 0.25) is 0 Å². The first-order valence-electron chi connectivity index (χ1n) is 13.5. The number of benzene rings is 2. The van der Waals surface area contributed by atoms with Crippen LogP contribution < -0.4 is 4.74 Å². The van der Waals surface area contributed by atoms with Crippen molar-refractivity contribution in [3.8, 4) is 11.5 Å². The molecule has 0 radical (unpaired) electrons. The van der Waals surface area contributed by atoms with Crippen molar-refractivity contribution in [1.29, 1.82) is 0 Å². The van der Waals surface area contributed by atoms with E-state index in [2.05, 4.69) is 42.8 Å². The monoisotopic (exact) mass is 496 g/mol. The molecule has 0 aliphatic heterocycles. The van der Waals surface area contributed by atoms with Gasteiger partial charge < -0.3 is 19.7 Å². The first-order valence-corrected chi connectivity index (χ1v) is 13.5. The van der Waals surface area contributed by atoms with Crippen molar-refractivity contribution >= 4 is 5.97 Å². The zero-order valence-corrected chi connectivity index (χ0v) is 22.6. The van der Waals surface area contributed by atoms with Gasteiger partial charge >= 0.3 is 5.97 Å². The van der Waals surface area contributed by atoms with Gasteiger partial charge in [0.25, 0.3) is 0 Å². The molecule has 36 heavy (non-hydrogen) atoms. The number of aryl methyl sites for hydroxylation is 2. The minimum Gasteiger partial charge on any atom is -0.508 e. The lowest BCUT2D eigenvalue weighted by Crippen LogP contribution is -2.25. The minimum atomic E-state index is -0.392. The maximum absolute atomic E-state index is 11.4. The Morgan fingerprint density at radius 3 is 2.28 bits per heavy atom. The second-order valence-electron chi connectivity index (χ2n) is 10.7. The van der Waals surface area contributed by atoms with Gasteiger partial charge in [0, 0.05) is 0 Å². The summed E-state index contributed by atoms with van der Waals surface area (Å²) in [5.41, 5.74) is 4.47. The Kier molecular flexibility index (Phi) is 10.2. The number of esters is 1. The van der Waals surface area contributed by atoms with Crippen molar-refractivity contribution in [1.82, 2.24) is 0 Å². The van der Waals surface area contributed by atoms with Crippen LogP contribution in [0.1, 0.15) is 92.9 Å². The fourth-order valence-electron chi connectivity index (χ4n) is 5.83. The van der Waals surface area contributed by atoms with Gasteiger partial charge in [-0.3, -0.25) is 0 Å². The third-order valence-electron chi connectivity index (χ3n) is 8.19. The molecule has 1 aliphatic carbocycles. The fraction of sp³-hybridized carbons (Fsp3) is 0.581. The Balaban J connectivity index is 1.78. The van der Waals surface area contributed by atoms with Gasteiger partial charge in [0.05, 0.1) is 13.2 Å². The standard InChI is InChI=1S/C31H44O5/c1-6-23(24-7-11-28(32)12-8-24)18-27(26-9-13-29(33)21(3)16-26)15-20(2)25-10-14-30(22(4)17-25)36-19-31(34)35-5/h9-10,13-14,16-17,20,23-24,27-28,32-33H,6-8,11-12,15,18-19H2,1-5H3. The summed E-state index contributed by atoms with van der Waals surface area (Å²) in [5.74, 6) is 2.67. The Morgan fingerprint density at radius 2 is 1.67 bits per heavy atom. The van der Waals surface area contributed by atoms with E-state index in [9.17, 15) is 15.0 Å². The molecule has 2 aromatic rings. The lowest BCUT2D eigenvalue weighted by atomic mass is 9.71. The lowest BCUT2D eigenvalue weighted by molar-refractivity contribution is -0.142. The average molecular weight is 497 g/mol. The molecule has 1 fully saturated rings. The SMILES string of the molecule is CCC(CC(CC(C)c1ccc(OCC(=O)OC)c(C)c1)c1ccc(O)c(C)c1)C1CCC(O)CC1. The largest absolute Gasteiger partial charge is 0.508 e. The van der Waals surface area contributed by atoms with Gasteiger partial charge in [-0.25, -0.2) is 4.79 Å². The van der Waals surface area contributed by atoms with Crippen LogP contribution in [0, 0.1) is 25.7 Å². The van der Waals surface area contributed by atoms with Crippen LogP contribution in [0.3, 0.4) is 0 Å².